The largest absolute Gasteiger partial charge is 0.327 e. The van der Waals surface area contributed by atoms with Crippen LogP contribution in [0.15, 0.2) is 18.2 Å². The van der Waals surface area contributed by atoms with Gasteiger partial charge >= 0.3 is 0 Å². The lowest BCUT2D eigenvalue weighted by molar-refractivity contribution is -0.955. The first kappa shape index (κ1) is 52.4. The summed E-state index contributed by atoms with van der Waals surface area (Å²) in [5, 5.41) is 0. The van der Waals surface area contributed by atoms with Crippen molar-refractivity contribution in [2.75, 3.05) is 0 Å². The van der Waals surface area contributed by atoms with E-state index in [9.17, 15) is 52.7 Å². The SMILES string of the molecule is CCCc1ccc(C[NH+](C(C)C)C(C)C)c(CCC)c1.Fc1c(F)c(F)c([B-](c2c(F)c(F)c(F)c(F)c2F)(c2c(F)c(F)c(F)c(F)c2F)c2c(F)c(F)c(F)c(F)c2F)c(F)c1F. The van der Waals surface area contributed by atoms with E-state index in [1.807, 2.05) is 0 Å². The highest BCUT2D eigenvalue weighted by atomic mass is 19.2. The number of hydrogen-bond donors (Lipinski definition) is 1. The maximum absolute atomic E-state index is 15.4. The van der Waals surface area contributed by atoms with Gasteiger partial charge in [0.05, 0.1) is 12.1 Å². The minimum absolute atomic E-state index is 0.680. The fourth-order valence-electron chi connectivity index (χ4n) is 7.97. The van der Waals surface area contributed by atoms with Gasteiger partial charge in [0.2, 0.25) is 0 Å². The molecule has 22 heteroatoms. The molecule has 0 amide bonds. The standard InChI is InChI=1S/C24BF20.C19H33N/c26-5-1(6(27)14(35)21(42)13(5)34)25(2-7(28)15(36)22(43)16(37)8(2)29,3-9(30)17(38)23(44)18(39)10(3)31)4-11(32)19(40)24(45)20(41)12(4)33;1-7-9-17-11-12-19(18(13-17)10-8-2)14-20(15(3)4)16(5)6/h;11-13,15-16H,7-10,14H2,1-6H3/q-1;/p+1. The molecule has 0 saturated carbocycles. The van der Waals surface area contributed by atoms with Crippen LogP contribution < -0.4 is 26.8 Å². The molecule has 1 nitrogen and oxygen atoms in total. The van der Waals surface area contributed by atoms with Gasteiger partial charge < -0.3 is 4.90 Å². The summed E-state index contributed by atoms with van der Waals surface area (Å²) in [6.07, 6.45) is -2.31. The molecular weight excluding hydrogens is 921 g/mol. The molecule has 5 rings (SSSR count). The highest BCUT2D eigenvalue weighted by molar-refractivity contribution is 7.20. The third-order valence-electron chi connectivity index (χ3n) is 10.9. The van der Waals surface area contributed by atoms with E-state index in [1.165, 1.54) is 31.2 Å². The number of aryl methyl sites for hydroxylation is 2. The molecule has 0 radical (unpaired) electrons. The number of halogens is 20. The normalized spacial score (nSPS) is 12.0. The van der Waals surface area contributed by atoms with Gasteiger partial charge in [-0.3, -0.25) is 0 Å². The lowest BCUT2D eigenvalue weighted by atomic mass is 9.12. The molecule has 0 atom stereocenters. The second-order valence-electron chi connectivity index (χ2n) is 15.5. The van der Waals surface area contributed by atoms with Crippen LogP contribution in [-0.4, -0.2) is 18.2 Å². The number of benzene rings is 5. The van der Waals surface area contributed by atoms with Crippen molar-refractivity contribution in [1.82, 2.24) is 0 Å². The fraction of sp³-hybridized carbons (Fsp3) is 0.302. The Morgan fingerprint density at radius 1 is 0.354 bits per heavy atom. The summed E-state index contributed by atoms with van der Waals surface area (Å²) in [7, 11) is 0. The average molecular weight is 956 g/mol. The minimum Gasteiger partial charge on any atom is -0.327 e. The smallest absolute Gasteiger partial charge is 0.200 e. The zero-order valence-electron chi connectivity index (χ0n) is 34.6. The van der Waals surface area contributed by atoms with Crippen LogP contribution in [0.2, 0.25) is 0 Å². The Labute approximate surface area is 357 Å². The Morgan fingerprint density at radius 2 is 0.600 bits per heavy atom. The van der Waals surface area contributed by atoms with Gasteiger partial charge in [-0.25, -0.2) is 87.8 Å². The molecule has 5 aromatic rings. The highest BCUT2D eigenvalue weighted by Crippen LogP contribution is 2.31. The van der Waals surface area contributed by atoms with Crippen LogP contribution in [0.1, 0.15) is 71.1 Å². The molecule has 0 aliphatic rings. The van der Waals surface area contributed by atoms with Gasteiger partial charge in [0, 0.05) is 5.56 Å². The molecule has 0 unspecified atom stereocenters. The molecule has 0 saturated heterocycles. The molecule has 65 heavy (non-hydrogen) atoms. The first-order valence-electron chi connectivity index (χ1n) is 19.4. The van der Waals surface area contributed by atoms with E-state index < -0.39 is 144 Å². The monoisotopic (exact) mass is 955 g/mol. The number of nitrogens with one attached hydrogen (secondary N) is 1. The molecule has 354 valence electrons. The molecule has 5 aromatic carbocycles. The third-order valence-corrected chi connectivity index (χ3v) is 10.9. The predicted molar refractivity (Wildman–Crippen MR) is 199 cm³/mol. The Morgan fingerprint density at radius 3 is 0.831 bits per heavy atom. The van der Waals surface area contributed by atoms with Gasteiger partial charge in [0.25, 0.3) is 0 Å². The topological polar surface area (TPSA) is 4.44 Å². The van der Waals surface area contributed by atoms with Crippen molar-refractivity contribution in [3.8, 4) is 0 Å². The summed E-state index contributed by atoms with van der Waals surface area (Å²) in [5.41, 5.74) is -9.68. The first-order chi connectivity index (χ1) is 30.2. The Balaban J connectivity index is 0.000000387. The molecular formula is C43H34BF20N. The van der Waals surface area contributed by atoms with Gasteiger partial charge in [-0.2, -0.15) is 0 Å². The van der Waals surface area contributed by atoms with Crippen molar-refractivity contribution < 1.29 is 92.7 Å². The van der Waals surface area contributed by atoms with Gasteiger partial charge in [0.15, 0.2) is 69.8 Å². The molecule has 0 heterocycles. The lowest BCUT2D eigenvalue weighted by Crippen LogP contribution is -3.16. The number of quaternary nitrogens is 1. The molecule has 0 aromatic heterocycles. The van der Waals surface area contributed by atoms with E-state index in [1.54, 1.807) is 16.0 Å². The summed E-state index contributed by atoms with van der Waals surface area (Å²) >= 11 is 0. The second kappa shape index (κ2) is 20.1. The zero-order chi connectivity index (χ0) is 49.5. The van der Waals surface area contributed by atoms with Crippen LogP contribution in [-0.2, 0) is 19.4 Å². The van der Waals surface area contributed by atoms with Gasteiger partial charge in [-0.05, 0) is 51.7 Å². The van der Waals surface area contributed by atoms with E-state index in [0.717, 1.165) is 6.54 Å². The molecule has 0 bridgehead atoms. The van der Waals surface area contributed by atoms with E-state index >= 15 is 35.1 Å². The van der Waals surface area contributed by atoms with E-state index in [4.69, 9.17) is 0 Å². The Bertz CT molecular complexity index is 2240. The summed E-state index contributed by atoms with van der Waals surface area (Å²) < 4.78 is 294. The van der Waals surface area contributed by atoms with Crippen molar-refractivity contribution in [1.29, 1.82) is 0 Å². The van der Waals surface area contributed by atoms with Crippen LogP contribution >= 0.6 is 0 Å². The summed E-state index contributed by atoms with van der Waals surface area (Å²) in [6.45, 7) is 15.0. The van der Waals surface area contributed by atoms with Crippen molar-refractivity contribution in [3.05, 3.63) is 151 Å². The molecule has 1 N–H and O–H groups in total. The maximum Gasteiger partial charge on any atom is 0.200 e. The van der Waals surface area contributed by atoms with Gasteiger partial charge in [0.1, 0.15) is 59.2 Å². The van der Waals surface area contributed by atoms with Crippen molar-refractivity contribution in [2.45, 2.75) is 85.9 Å². The van der Waals surface area contributed by atoms with Crippen LogP contribution in [0.5, 0.6) is 0 Å². The van der Waals surface area contributed by atoms with Crippen molar-refractivity contribution >= 4 is 28.0 Å². The third kappa shape index (κ3) is 8.90. The predicted octanol–water partition coefficient (Wildman–Crippen LogP) is 9.64. The van der Waals surface area contributed by atoms with Crippen molar-refractivity contribution in [3.63, 3.8) is 0 Å². The number of hydrogen-bond acceptors (Lipinski definition) is 0. The van der Waals surface area contributed by atoms with E-state index in [2.05, 4.69) is 59.7 Å². The average Bonchev–Trinajstić information content (AvgIpc) is 3.26. The lowest BCUT2D eigenvalue weighted by Gasteiger charge is -2.44. The quantitative estimate of drug-likeness (QED) is 0.0551. The maximum atomic E-state index is 15.4. The fourth-order valence-corrected chi connectivity index (χ4v) is 7.97. The summed E-state index contributed by atoms with van der Waals surface area (Å²) in [6, 6.07) is 8.55. The van der Waals surface area contributed by atoms with Crippen LogP contribution in [0.4, 0.5) is 87.8 Å². The van der Waals surface area contributed by atoms with E-state index in [-0.39, 0.29) is 0 Å². The van der Waals surface area contributed by atoms with Crippen LogP contribution in [0, 0.1) is 116 Å². The molecule has 0 spiro atoms. The van der Waals surface area contributed by atoms with Gasteiger partial charge in [-0.1, -0.05) is 44.9 Å². The minimum atomic E-state index is -7.22. The second-order valence-corrected chi connectivity index (χ2v) is 15.5. The molecule has 0 fully saturated rings. The Kier molecular flexibility index (Phi) is 16.2. The van der Waals surface area contributed by atoms with Gasteiger partial charge in [-0.15, -0.1) is 21.9 Å². The molecule has 0 aliphatic carbocycles. The first-order valence-corrected chi connectivity index (χ1v) is 19.4. The zero-order valence-corrected chi connectivity index (χ0v) is 34.6. The van der Waals surface area contributed by atoms with Crippen molar-refractivity contribution in [2.24, 2.45) is 0 Å². The summed E-state index contributed by atoms with van der Waals surface area (Å²) in [5.74, 6) is -71.4. The highest BCUT2D eigenvalue weighted by Gasteiger charge is 2.52. The Hall–Kier alpha value is -5.28. The van der Waals surface area contributed by atoms with Crippen LogP contribution in [0.25, 0.3) is 0 Å². The number of rotatable bonds is 12. The molecule has 0 aliphatic heterocycles. The van der Waals surface area contributed by atoms with Crippen LogP contribution in [0.3, 0.4) is 0 Å². The summed E-state index contributed by atoms with van der Waals surface area (Å²) in [4.78, 5) is 1.69. The van der Waals surface area contributed by atoms with E-state index in [0.29, 0.717) is 12.1 Å².